The van der Waals surface area contributed by atoms with Crippen molar-refractivity contribution in [1.29, 1.82) is 0 Å². The quantitative estimate of drug-likeness (QED) is 0.500. The zero-order valence-electron chi connectivity index (χ0n) is 15.5. The first-order valence-corrected chi connectivity index (χ1v) is 9.60. The zero-order chi connectivity index (χ0) is 20.1. The summed E-state index contributed by atoms with van der Waals surface area (Å²) in [5, 5.41) is 17.1. The van der Waals surface area contributed by atoms with Gasteiger partial charge in [0, 0.05) is 39.8 Å². The molecule has 3 N–H and O–H groups in total. The molecule has 0 bridgehead atoms. The SMILES string of the molecule is CC(C)[C@@H](CO)Nc1nc(Nc2cc(Cl)cc(Cl)c2)cc(-c2ccncc2)n1. The third-order valence-corrected chi connectivity index (χ3v) is 4.59. The Labute approximate surface area is 174 Å². The average Bonchev–Trinajstić information content (AvgIpc) is 2.65. The molecule has 0 aliphatic rings. The molecule has 146 valence electrons. The van der Waals surface area contributed by atoms with Crippen molar-refractivity contribution in [2.24, 2.45) is 5.92 Å². The van der Waals surface area contributed by atoms with E-state index in [1.54, 1.807) is 30.6 Å². The van der Waals surface area contributed by atoms with Crippen molar-refractivity contribution in [3.8, 4) is 11.3 Å². The van der Waals surface area contributed by atoms with E-state index in [2.05, 4.69) is 25.6 Å². The minimum Gasteiger partial charge on any atom is -0.394 e. The van der Waals surface area contributed by atoms with Crippen LogP contribution in [-0.4, -0.2) is 32.7 Å². The fourth-order valence-electron chi connectivity index (χ4n) is 2.61. The smallest absolute Gasteiger partial charge is 0.225 e. The number of halogens is 2. The van der Waals surface area contributed by atoms with Crippen molar-refractivity contribution in [3.63, 3.8) is 0 Å². The minimum absolute atomic E-state index is 0.0207. The molecule has 0 aliphatic carbocycles. The Morgan fingerprint density at radius 3 is 2.29 bits per heavy atom. The van der Waals surface area contributed by atoms with E-state index in [0.29, 0.717) is 27.5 Å². The first kappa shape index (κ1) is 20.3. The summed E-state index contributed by atoms with van der Waals surface area (Å²) in [6.07, 6.45) is 3.41. The third-order valence-electron chi connectivity index (χ3n) is 4.15. The molecule has 0 amide bonds. The Bertz CT molecular complexity index is 917. The number of aromatic nitrogens is 3. The average molecular weight is 418 g/mol. The van der Waals surface area contributed by atoms with Crippen LogP contribution in [0.5, 0.6) is 0 Å². The third kappa shape index (κ3) is 5.32. The van der Waals surface area contributed by atoms with Gasteiger partial charge in [-0.3, -0.25) is 4.98 Å². The van der Waals surface area contributed by atoms with Gasteiger partial charge in [0.05, 0.1) is 18.3 Å². The second-order valence-electron chi connectivity index (χ2n) is 6.66. The standard InChI is InChI=1S/C20H21Cl2N5O/c1-12(2)18(11-28)26-20-25-17(13-3-5-23-6-4-13)10-19(27-20)24-16-8-14(21)7-15(22)9-16/h3-10,12,18,28H,11H2,1-2H3,(H2,24,25,26,27)/t18-/m1/s1. The Balaban J connectivity index is 1.99. The van der Waals surface area contributed by atoms with Crippen LogP contribution in [0.4, 0.5) is 17.5 Å². The molecule has 1 atom stereocenters. The molecule has 0 unspecified atom stereocenters. The van der Waals surface area contributed by atoms with E-state index in [0.717, 1.165) is 11.3 Å². The number of hydrogen-bond acceptors (Lipinski definition) is 6. The number of pyridine rings is 1. The van der Waals surface area contributed by atoms with Gasteiger partial charge in [0.25, 0.3) is 0 Å². The molecule has 0 aliphatic heterocycles. The maximum absolute atomic E-state index is 9.64. The van der Waals surface area contributed by atoms with Crippen LogP contribution in [0.25, 0.3) is 11.3 Å². The Morgan fingerprint density at radius 1 is 1.00 bits per heavy atom. The number of anilines is 3. The van der Waals surface area contributed by atoms with Gasteiger partial charge in [-0.05, 0) is 36.2 Å². The van der Waals surface area contributed by atoms with Gasteiger partial charge in [-0.25, -0.2) is 4.98 Å². The number of nitrogens with one attached hydrogen (secondary N) is 2. The van der Waals surface area contributed by atoms with E-state index in [9.17, 15) is 5.11 Å². The van der Waals surface area contributed by atoms with Crippen molar-refractivity contribution in [2.75, 3.05) is 17.2 Å². The van der Waals surface area contributed by atoms with Gasteiger partial charge in [-0.2, -0.15) is 4.98 Å². The summed E-state index contributed by atoms with van der Waals surface area (Å²) in [6.45, 7) is 4.02. The molecular formula is C20H21Cl2N5O. The highest BCUT2D eigenvalue weighted by Crippen LogP contribution is 2.27. The number of aliphatic hydroxyl groups is 1. The molecule has 2 aromatic heterocycles. The number of nitrogens with zero attached hydrogens (tertiary/aromatic N) is 3. The summed E-state index contributed by atoms with van der Waals surface area (Å²) in [6, 6.07) is 10.6. The lowest BCUT2D eigenvalue weighted by Gasteiger charge is -2.20. The van der Waals surface area contributed by atoms with Crippen molar-refractivity contribution in [2.45, 2.75) is 19.9 Å². The fraction of sp³-hybridized carbons (Fsp3) is 0.250. The van der Waals surface area contributed by atoms with Crippen molar-refractivity contribution in [3.05, 3.63) is 58.8 Å². The van der Waals surface area contributed by atoms with Crippen LogP contribution < -0.4 is 10.6 Å². The predicted octanol–water partition coefficient (Wildman–Crippen LogP) is 5.02. The van der Waals surface area contributed by atoms with Crippen LogP contribution >= 0.6 is 23.2 Å². The Morgan fingerprint density at radius 2 is 1.68 bits per heavy atom. The van der Waals surface area contributed by atoms with Crippen LogP contribution in [0.3, 0.4) is 0 Å². The Kier molecular flexibility index (Phi) is 6.67. The highest BCUT2D eigenvalue weighted by molar-refractivity contribution is 6.35. The molecular weight excluding hydrogens is 397 g/mol. The van der Waals surface area contributed by atoms with E-state index in [1.165, 1.54) is 0 Å². The second-order valence-corrected chi connectivity index (χ2v) is 7.53. The highest BCUT2D eigenvalue weighted by Gasteiger charge is 2.15. The first-order valence-electron chi connectivity index (χ1n) is 8.84. The second kappa shape index (κ2) is 9.19. The van der Waals surface area contributed by atoms with Gasteiger partial charge in [0.15, 0.2) is 0 Å². The molecule has 28 heavy (non-hydrogen) atoms. The molecule has 1 aromatic carbocycles. The summed E-state index contributed by atoms with van der Waals surface area (Å²) in [4.78, 5) is 13.2. The molecule has 2 heterocycles. The van der Waals surface area contributed by atoms with Gasteiger partial charge >= 0.3 is 0 Å². The number of aliphatic hydroxyl groups excluding tert-OH is 1. The van der Waals surface area contributed by atoms with Gasteiger partial charge in [-0.15, -0.1) is 0 Å². The topological polar surface area (TPSA) is 83.0 Å². The Hall–Kier alpha value is -2.41. The number of benzene rings is 1. The minimum atomic E-state index is -0.166. The molecule has 0 saturated carbocycles. The normalized spacial score (nSPS) is 12.1. The number of rotatable bonds is 7. The van der Waals surface area contributed by atoms with E-state index in [1.807, 2.05) is 32.0 Å². The zero-order valence-corrected chi connectivity index (χ0v) is 17.0. The van der Waals surface area contributed by atoms with Gasteiger partial charge in [-0.1, -0.05) is 37.0 Å². The summed E-state index contributed by atoms with van der Waals surface area (Å²) in [5.74, 6) is 1.20. The van der Waals surface area contributed by atoms with Gasteiger partial charge < -0.3 is 15.7 Å². The summed E-state index contributed by atoms with van der Waals surface area (Å²) in [5.41, 5.74) is 2.33. The molecule has 3 rings (SSSR count). The largest absolute Gasteiger partial charge is 0.394 e. The molecule has 0 saturated heterocycles. The monoisotopic (exact) mass is 417 g/mol. The molecule has 0 spiro atoms. The van der Waals surface area contributed by atoms with Gasteiger partial charge in [0.1, 0.15) is 5.82 Å². The van der Waals surface area contributed by atoms with Crippen LogP contribution in [-0.2, 0) is 0 Å². The maximum atomic E-state index is 9.64. The van der Waals surface area contributed by atoms with E-state index in [-0.39, 0.29) is 18.6 Å². The lowest BCUT2D eigenvalue weighted by Crippen LogP contribution is -2.30. The van der Waals surface area contributed by atoms with Crippen LogP contribution in [0.15, 0.2) is 48.8 Å². The fourth-order valence-corrected chi connectivity index (χ4v) is 3.14. The lowest BCUT2D eigenvalue weighted by atomic mass is 10.1. The predicted molar refractivity (Wildman–Crippen MR) is 114 cm³/mol. The molecule has 3 aromatic rings. The molecule has 6 nitrogen and oxygen atoms in total. The highest BCUT2D eigenvalue weighted by atomic mass is 35.5. The lowest BCUT2D eigenvalue weighted by molar-refractivity contribution is 0.248. The van der Waals surface area contributed by atoms with Gasteiger partial charge in [0.2, 0.25) is 5.95 Å². The van der Waals surface area contributed by atoms with E-state index in [4.69, 9.17) is 23.2 Å². The summed E-state index contributed by atoms with van der Waals surface area (Å²) < 4.78 is 0. The van der Waals surface area contributed by atoms with Crippen LogP contribution in [0.1, 0.15) is 13.8 Å². The molecule has 0 radical (unpaired) electrons. The summed E-state index contributed by atoms with van der Waals surface area (Å²) >= 11 is 12.2. The van der Waals surface area contributed by atoms with Crippen molar-refractivity contribution >= 4 is 40.7 Å². The van der Waals surface area contributed by atoms with Crippen LogP contribution in [0.2, 0.25) is 10.0 Å². The van der Waals surface area contributed by atoms with Crippen LogP contribution in [0, 0.1) is 5.92 Å². The van der Waals surface area contributed by atoms with E-state index < -0.39 is 0 Å². The number of hydrogen-bond donors (Lipinski definition) is 3. The van der Waals surface area contributed by atoms with E-state index >= 15 is 0 Å². The maximum Gasteiger partial charge on any atom is 0.225 e. The molecule has 0 fully saturated rings. The molecule has 8 heteroatoms. The van der Waals surface area contributed by atoms with Crippen molar-refractivity contribution in [1.82, 2.24) is 15.0 Å². The summed E-state index contributed by atoms with van der Waals surface area (Å²) in [7, 11) is 0. The first-order chi connectivity index (χ1) is 13.4. The van der Waals surface area contributed by atoms with Crippen molar-refractivity contribution < 1.29 is 5.11 Å².